The molecule has 0 saturated carbocycles. The monoisotopic (exact) mass is 354 g/mol. The van der Waals surface area contributed by atoms with Crippen molar-refractivity contribution in [3.05, 3.63) is 65.7 Å². The first-order chi connectivity index (χ1) is 11.0. The van der Waals surface area contributed by atoms with Crippen molar-refractivity contribution < 1.29 is 32.8 Å². The van der Waals surface area contributed by atoms with Gasteiger partial charge in [0.15, 0.2) is 0 Å². The number of hydrogen-bond donors (Lipinski definition) is 3. The summed E-state index contributed by atoms with van der Waals surface area (Å²) in [5.74, 6) is -1.71. The topological polar surface area (TPSA) is 129 Å². The zero-order valence-electron chi connectivity index (χ0n) is 13.1. The summed E-state index contributed by atoms with van der Waals surface area (Å²) in [6, 6.07) is 14.3. The van der Waals surface area contributed by atoms with E-state index in [4.69, 9.17) is 19.6 Å². The normalized spacial score (nSPS) is 9.62. The molecule has 2 aromatic carbocycles. The van der Waals surface area contributed by atoms with Crippen LogP contribution in [-0.2, 0) is 14.9 Å². The molecule has 0 aliphatic rings. The van der Waals surface area contributed by atoms with Gasteiger partial charge in [-0.05, 0) is 31.2 Å². The molecule has 8 heteroatoms. The van der Waals surface area contributed by atoms with Gasteiger partial charge in [-0.15, -0.1) is 0 Å². The fourth-order valence-corrected chi connectivity index (χ4v) is 1.77. The zero-order valence-corrected chi connectivity index (χ0v) is 13.9. The zero-order chi connectivity index (χ0) is 18.8. The van der Waals surface area contributed by atoms with Gasteiger partial charge in [0.1, 0.15) is 0 Å². The van der Waals surface area contributed by atoms with Gasteiger partial charge in [0.25, 0.3) is 16.1 Å². The minimum absolute atomic E-state index is 0.0666. The molecule has 0 atom stereocenters. The van der Waals surface area contributed by atoms with E-state index in [-0.39, 0.29) is 4.90 Å². The van der Waals surface area contributed by atoms with E-state index in [0.29, 0.717) is 5.56 Å². The van der Waals surface area contributed by atoms with E-state index in [1.54, 1.807) is 42.5 Å². The SMILES string of the molecule is CC(=O)O.Cc1ccc(S(=O)(=O)O)cc1.O=C(O)c1ccccc1. The van der Waals surface area contributed by atoms with Crippen LogP contribution < -0.4 is 0 Å². The summed E-state index contributed by atoms with van der Waals surface area (Å²) >= 11 is 0. The average molecular weight is 354 g/mol. The molecule has 0 fully saturated rings. The van der Waals surface area contributed by atoms with Gasteiger partial charge in [-0.25, -0.2) is 4.79 Å². The molecule has 24 heavy (non-hydrogen) atoms. The number of aryl methyl sites for hydroxylation is 1. The first-order valence-electron chi connectivity index (χ1n) is 6.56. The third-order valence-corrected chi connectivity index (χ3v) is 3.21. The summed E-state index contributed by atoms with van der Waals surface area (Å²) in [6.07, 6.45) is 0. The van der Waals surface area contributed by atoms with Gasteiger partial charge in [-0.1, -0.05) is 35.9 Å². The van der Waals surface area contributed by atoms with E-state index in [1.165, 1.54) is 12.1 Å². The average Bonchev–Trinajstić information content (AvgIpc) is 2.47. The summed E-state index contributed by atoms with van der Waals surface area (Å²) in [5, 5.41) is 15.8. The van der Waals surface area contributed by atoms with Crippen molar-refractivity contribution in [2.45, 2.75) is 18.7 Å². The molecule has 2 aromatic rings. The molecule has 0 amide bonds. The summed E-state index contributed by atoms with van der Waals surface area (Å²) in [5.41, 5.74) is 1.29. The number of carboxylic acid groups (broad SMARTS) is 2. The van der Waals surface area contributed by atoms with E-state index >= 15 is 0 Å². The fourth-order valence-electron chi connectivity index (χ4n) is 1.29. The molecule has 0 spiro atoms. The second-order valence-corrected chi connectivity index (χ2v) is 5.90. The lowest BCUT2D eigenvalue weighted by atomic mass is 10.2. The lowest BCUT2D eigenvalue weighted by Gasteiger charge is -1.95. The maximum atomic E-state index is 10.5. The quantitative estimate of drug-likeness (QED) is 0.707. The standard InChI is InChI=1S/C7H8O3S.C7H6O2.C2H4O2/c1-6-2-4-7(5-3-6)11(8,9)10;8-7(9)6-4-2-1-3-5-6;1-2(3)4/h2-5H,1H3,(H,8,9,10);1-5H,(H,8,9);1H3,(H,3,4). The maximum Gasteiger partial charge on any atom is 0.335 e. The Bertz CT molecular complexity index is 747. The second-order valence-electron chi connectivity index (χ2n) is 4.48. The van der Waals surface area contributed by atoms with Crippen LogP contribution in [0.3, 0.4) is 0 Å². The Morgan fingerprint density at radius 2 is 1.29 bits per heavy atom. The Morgan fingerprint density at radius 1 is 0.875 bits per heavy atom. The number of hydrogen-bond acceptors (Lipinski definition) is 4. The Hall–Kier alpha value is -2.71. The molecule has 7 nitrogen and oxygen atoms in total. The van der Waals surface area contributed by atoms with Crippen molar-refractivity contribution in [3.63, 3.8) is 0 Å². The largest absolute Gasteiger partial charge is 0.481 e. The maximum absolute atomic E-state index is 10.5. The Morgan fingerprint density at radius 3 is 1.58 bits per heavy atom. The van der Waals surface area contributed by atoms with Crippen LogP contribution in [0.4, 0.5) is 0 Å². The molecule has 3 N–H and O–H groups in total. The molecule has 0 aliphatic heterocycles. The lowest BCUT2D eigenvalue weighted by molar-refractivity contribution is -0.134. The molecule has 0 radical (unpaired) electrons. The van der Waals surface area contributed by atoms with Gasteiger partial charge in [-0.3, -0.25) is 9.35 Å². The van der Waals surface area contributed by atoms with E-state index in [1.807, 2.05) is 6.92 Å². The van der Waals surface area contributed by atoms with Crippen molar-refractivity contribution in [2.75, 3.05) is 0 Å². The smallest absolute Gasteiger partial charge is 0.335 e. The van der Waals surface area contributed by atoms with Crippen molar-refractivity contribution in [1.82, 2.24) is 0 Å². The number of aromatic carboxylic acids is 1. The van der Waals surface area contributed by atoms with E-state index in [0.717, 1.165) is 12.5 Å². The molecule has 2 rings (SSSR count). The molecule has 0 saturated heterocycles. The minimum atomic E-state index is -4.02. The van der Waals surface area contributed by atoms with Crippen molar-refractivity contribution in [1.29, 1.82) is 0 Å². The highest BCUT2D eigenvalue weighted by molar-refractivity contribution is 7.85. The van der Waals surface area contributed by atoms with E-state index in [2.05, 4.69) is 0 Å². The predicted octanol–water partition coefficient (Wildman–Crippen LogP) is 2.72. The van der Waals surface area contributed by atoms with Crippen LogP contribution in [0.15, 0.2) is 59.5 Å². The molecule has 0 heterocycles. The molecule has 0 aromatic heterocycles. The number of benzene rings is 2. The molecule has 130 valence electrons. The van der Waals surface area contributed by atoms with Crippen LogP contribution in [0.2, 0.25) is 0 Å². The number of rotatable bonds is 2. The van der Waals surface area contributed by atoms with Crippen molar-refractivity contribution >= 4 is 22.1 Å². The summed E-state index contributed by atoms with van der Waals surface area (Å²) < 4.78 is 29.6. The van der Waals surface area contributed by atoms with Crippen LogP contribution in [0.25, 0.3) is 0 Å². The van der Waals surface area contributed by atoms with Crippen LogP contribution in [0.5, 0.6) is 0 Å². The van der Waals surface area contributed by atoms with Gasteiger partial charge in [-0.2, -0.15) is 8.42 Å². The number of carboxylic acids is 2. The first kappa shape index (κ1) is 21.3. The van der Waals surface area contributed by atoms with Gasteiger partial charge in [0.2, 0.25) is 0 Å². The molecular weight excluding hydrogens is 336 g/mol. The highest BCUT2D eigenvalue weighted by Gasteiger charge is 2.06. The first-order valence-corrected chi connectivity index (χ1v) is 8.00. The molecule has 0 unspecified atom stereocenters. The van der Waals surface area contributed by atoms with Gasteiger partial charge in [0.05, 0.1) is 10.5 Å². The van der Waals surface area contributed by atoms with Crippen molar-refractivity contribution in [2.24, 2.45) is 0 Å². The summed E-state index contributed by atoms with van der Waals surface area (Å²) in [6.45, 7) is 2.92. The second kappa shape index (κ2) is 10.1. The van der Waals surface area contributed by atoms with Gasteiger partial charge < -0.3 is 10.2 Å². The molecule has 0 aliphatic carbocycles. The highest BCUT2D eigenvalue weighted by Crippen LogP contribution is 2.08. The van der Waals surface area contributed by atoms with Crippen LogP contribution in [-0.4, -0.2) is 35.1 Å². The fraction of sp³-hybridized carbons (Fsp3) is 0.125. The van der Waals surface area contributed by atoms with Crippen LogP contribution >= 0.6 is 0 Å². The lowest BCUT2D eigenvalue weighted by Crippen LogP contribution is -1.96. The van der Waals surface area contributed by atoms with E-state index in [9.17, 15) is 13.2 Å². The minimum Gasteiger partial charge on any atom is -0.481 e. The summed E-state index contributed by atoms with van der Waals surface area (Å²) in [7, 11) is -4.02. The predicted molar refractivity (Wildman–Crippen MR) is 87.7 cm³/mol. The number of carbonyl (C=O) groups is 2. The molecular formula is C16H18O7S. The Kier molecular flexibility index (Phi) is 8.99. The third kappa shape index (κ3) is 10.1. The van der Waals surface area contributed by atoms with Crippen LogP contribution in [0, 0.1) is 6.92 Å². The third-order valence-electron chi connectivity index (χ3n) is 2.34. The van der Waals surface area contributed by atoms with Gasteiger partial charge >= 0.3 is 5.97 Å². The van der Waals surface area contributed by atoms with Crippen LogP contribution in [0.1, 0.15) is 22.8 Å². The number of aliphatic carboxylic acids is 1. The highest BCUT2D eigenvalue weighted by atomic mass is 32.2. The van der Waals surface area contributed by atoms with E-state index < -0.39 is 22.1 Å². The van der Waals surface area contributed by atoms with Crippen molar-refractivity contribution in [3.8, 4) is 0 Å². The summed E-state index contributed by atoms with van der Waals surface area (Å²) in [4.78, 5) is 19.1. The van der Waals surface area contributed by atoms with Gasteiger partial charge in [0, 0.05) is 6.92 Å². The Balaban J connectivity index is 0.000000367. The Labute approximate surface area is 140 Å². The molecule has 0 bridgehead atoms.